The van der Waals surface area contributed by atoms with Crippen LogP contribution < -0.4 is 0 Å². The lowest BCUT2D eigenvalue weighted by atomic mass is 10.0. The molecule has 4 nitrogen and oxygen atoms in total. The standard InChI is InChI=1S/C25H32F2N2O2.ClH/c1-2-3-4-5-24(30)29-16-14-28(15-17-29)18-19-31-25(20-6-10-22(26)11-7-20)21-8-12-23(27)13-9-21;/h6-13,25H,2-5,14-19H2,1H3;1H. The van der Waals surface area contributed by atoms with Gasteiger partial charge in [0.15, 0.2) is 0 Å². The molecule has 1 saturated heterocycles. The SMILES string of the molecule is CCCCCC(=O)N1CCN(CCOC(c2ccc(F)cc2)c2ccc(F)cc2)CC1.Cl. The molecule has 0 unspecified atom stereocenters. The molecule has 0 saturated carbocycles. The van der Waals surface area contributed by atoms with Gasteiger partial charge in [0, 0.05) is 39.1 Å². The van der Waals surface area contributed by atoms with Crippen molar-refractivity contribution in [2.24, 2.45) is 0 Å². The fourth-order valence-corrected chi connectivity index (χ4v) is 3.86. The number of rotatable bonds is 10. The molecule has 0 radical (unpaired) electrons. The number of piperazine rings is 1. The minimum atomic E-state index is -0.386. The highest BCUT2D eigenvalue weighted by Crippen LogP contribution is 2.26. The highest BCUT2D eigenvalue weighted by atomic mass is 35.5. The van der Waals surface area contributed by atoms with Crippen molar-refractivity contribution in [3.63, 3.8) is 0 Å². The zero-order valence-electron chi connectivity index (χ0n) is 18.6. The minimum Gasteiger partial charge on any atom is -0.367 e. The molecule has 176 valence electrons. The van der Waals surface area contributed by atoms with E-state index in [0.717, 1.165) is 63.1 Å². The third-order valence-corrected chi connectivity index (χ3v) is 5.76. The predicted octanol–water partition coefficient (Wildman–Crippen LogP) is 5.22. The predicted molar refractivity (Wildman–Crippen MR) is 125 cm³/mol. The Kier molecular flexibility index (Phi) is 11.1. The topological polar surface area (TPSA) is 32.8 Å². The van der Waals surface area contributed by atoms with Gasteiger partial charge in [-0.1, -0.05) is 44.0 Å². The molecule has 1 aliphatic rings. The van der Waals surface area contributed by atoms with E-state index in [1.165, 1.54) is 24.3 Å². The molecular weight excluding hydrogens is 434 g/mol. The van der Waals surface area contributed by atoms with Crippen molar-refractivity contribution in [2.45, 2.75) is 38.7 Å². The first-order valence-corrected chi connectivity index (χ1v) is 11.2. The minimum absolute atomic E-state index is 0. The van der Waals surface area contributed by atoms with Crippen molar-refractivity contribution in [2.75, 3.05) is 39.3 Å². The van der Waals surface area contributed by atoms with Gasteiger partial charge in [-0.05, 0) is 41.8 Å². The fraction of sp³-hybridized carbons (Fsp3) is 0.480. The molecular formula is C25H33ClF2N2O2. The highest BCUT2D eigenvalue weighted by Gasteiger charge is 2.21. The van der Waals surface area contributed by atoms with Crippen LogP contribution in [-0.4, -0.2) is 55.0 Å². The monoisotopic (exact) mass is 466 g/mol. The van der Waals surface area contributed by atoms with Crippen molar-refractivity contribution >= 4 is 18.3 Å². The van der Waals surface area contributed by atoms with Crippen molar-refractivity contribution in [3.8, 4) is 0 Å². The van der Waals surface area contributed by atoms with Crippen LogP contribution in [-0.2, 0) is 9.53 Å². The number of carbonyl (C=O) groups is 1. The van der Waals surface area contributed by atoms with Gasteiger partial charge in [-0.2, -0.15) is 0 Å². The summed E-state index contributed by atoms with van der Waals surface area (Å²) in [5, 5.41) is 0. The molecule has 0 bridgehead atoms. The van der Waals surface area contributed by atoms with Gasteiger partial charge in [0.1, 0.15) is 17.7 Å². The largest absolute Gasteiger partial charge is 0.367 e. The third-order valence-electron chi connectivity index (χ3n) is 5.76. The van der Waals surface area contributed by atoms with Crippen molar-refractivity contribution < 1.29 is 18.3 Å². The lowest BCUT2D eigenvalue weighted by molar-refractivity contribution is -0.133. The summed E-state index contributed by atoms with van der Waals surface area (Å²) in [7, 11) is 0. The molecule has 0 spiro atoms. The van der Waals surface area contributed by atoms with E-state index in [4.69, 9.17) is 4.74 Å². The summed E-state index contributed by atoms with van der Waals surface area (Å²) in [5.41, 5.74) is 1.66. The summed E-state index contributed by atoms with van der Waals surface area (Å²) in [6.45, 7) is 6.55. The van der Waals surface area contributed by atoms with E-state index in [2.05, 4.69) is 11.8 Å². The Bertz CT molecular complexity index is 764. The summed E-state index contributed by atoms with van der Waals surface area (Å²) in [5.74, 6) is -0.343. The molecule has 0 aromatic heterocycles. The Morgan fingerprint density at radius 3 is 1.94 bits per heavy atom. The fourth-order valence-electron chi connectivity index (χ4n) is 3.86. The average molecular weight is 467 g/mol. The number of hydrogen-bond donors (Lipinski definition) is 0. The maximum atomic E-state index is 13.4. The summed E-state index contributed by atoms with van der Waals surface area (Å²) in [6.07, 6.45) is 3.46. The van der Waals surface area contributed by atoms with E-state index in [1.807, 2.05) is 4.90 Å². The number of nitrogens with zero attached hydrogens (tertiary/aromatic N) is 2. The Morgan fingerprint density at radius 1 is 0.906 bits per heavy atom. The van der Waals surface area contributed by atoms with Crippen LogP contribution in [0.4, 0.5) is 8.78 Å². The normalized spacial score (nSPS) is 14.4. The molecule has 2 aromatic rings. The molecule has 32 heavy (non-hydrogen) atoms. The Balaban J connectivity index is 0.00000363. The molecule has 1 amide bonds. The highest BCUT2D eigenvalue weighted by molar-refractivity contribution is 5.85. The lowest BCUT2D eigenvalue weighted by Crippen LogP contribution is -2.49. The van der Waals surface area contributed by atoms with Gasteiger partial charge in [-0.25, -0.2) is 8.78 Å². The summed E-state index contributed by atoms with van der Waals surface area (Å²) < 4.78 is 32.9. The first-order valence-electron chi connectivity index (χ1n) is 11.2. The van der Waals surface area contributed by atoms with E-state index >= 15 is 0 Å². The Hall–Kier alpha value is -2.02. The zero-order chi connectivity index (χ0) is 22.1. The number of carbonyl (C=O) groups excluding carboxylic acids is 1. The first-order chi connectivity index (χ1) is 15.1. The summed E-state index contributed by atoms with van der Waals surface area (Å²) in [4.78, 5) is 16.5. The molecule has 3 rings (SSSR count). The van der Waals surface area contributed by atoms with Gasteiger partial charge in [0.25, 0.3) is 0 Å². The zero-order valence-corrected chi connectivity index (χ0v) is 19.5. The molecule has 1 fully saturated rings. The summed E-state index contributed by atoms with van der Waals surface area (Å²) in [6, 6.07) is 12.4. The maximum absolute atomic E-state index is 13.4. The van der Waals surface area contributed by atoms with E-state index in [1.54, 1.807) is 24.3 Å². The van der Waals surface area contributed by atoms with Gasteiger partial charge >= 0.3 is 0 Å². The van der Waals surface area contributed by atoms with Crippen LogP contribution in [0.5, 0.6) is 0 Å². The van der Waals surface area contributed by atoms with Crippen LogP contribution in [0.2, 0.25) is 0 Å². The van der Waals surface area contributed by atoms with Gasteiger partial charge in [0.05, 0.1) is 6.61 Å². The molecule has 7 heteroatoms. The average Bonchev–Trinajstić information content (AvgIpc) is 2.79. The Morgan fingerprint density at radius 2 is 1.44 bits per heavy atom. The van der Waals surface area contributed by atoms with E-state index < -0.39 is 0 Å². The summed E-state index contributed by atoms with van der Waals surface area (Å²) >= 11 is 0. The molecule has 0 N–H and O–H groups in total. The number of amides is 1. The molecule has 2 aromatic carbocycles. The van der Waals surface area contributed by atoms with Gasteiger partial charge in [-0.3, -0.25) is 9.69 Å². The van der Waals surface area contributed by atoms with Gasteiger partial charge < -0.3 is 9.64 Å². The van der Waals surface area contributed by atoms with Crippen LogP contribution in [0, 0.1) is 11.6 Å². The number of hydrogen-bond acceptors (Lipinski definition) is 3. The number of halogens is 3. The number of ether oxygens (including phenoxy) is 1. The second-order valence-electron chi connectivity index (χ2n) is 8.03. The van der Waals surface area contributed by atoms with Crippen LogP contribution in [0.25, 0.3) is 0 Å². The smallest absolute Gasteiger partial charge is 0.222 e. The van der Waals surface area contributed by atoms with Crippen LogP contribution in [0.15, 0.2) is 48.5 Å². The second-order valence-corrected chi connectivity index (χ2v) is 8.03. The quantitative estimate of drug-likeness (QED) is 0.450. The Labute approximate surface area is 196 Å². The molecule has 0 aliphatic carbocycles. The number of benzene rings is 2. The van der Waals surface area contributed by atoms with Crippen molar-refractivity contribution in [1.82, 2.24) is 9.80 Å². The second kappa shape index (κ2) is 13.5. The van der Waals surface area contributed by atoms with Crippen molar-refractivity contribution in [1.29, 1.82) is 0 Å². The molecule has 0 atom stereocenters. The van der Waals surface area contributed by atoms with Crippen LogP contribution in [0.1, 0.15) is 49.8 Å². The number of unbranched alkanes of at least 4 members (excludes halogenated alkanes) is 2. The van der Waals surface area contributed by atoms with E-state index in [-0.39, 0.29) is 36.1 Å². The maximum Gasteiger partial charge on any atom is 0.222 e. The van der Waals surface area contributed by atoms with Crippen molar-refractivity contribution in [3.05, 3.63) is 71.3 Å². The van der Waals surface area contributed by atoms with Gasteiger partial charge in [-0.15, -0.1) is 12.4 Å². The lowest BCUT2D eigenvalue weighted by Gasteiger charge is -2.35. The molecule has 1 heterocycles. The van der Waals surface area contributed by atoms with Gasteiger partial charge in [0.2, 0.25) is 5.91 Å². The first kappa shape index (κ1) is 26.2. The third kappa shape index (κ3) is 7.84. The van der Waals surface area contributed by atoms with E-state index in [9.17, 15) is 13.6 Å². The van der Waals surface area contributed by atoms with E-state index in [0.29, 0.717) is 13.0 Å². The molecule has 1 aliphatic heterocycles. The van der Waals surface area contributed by atoms with Crippen LogP contribution in [0.3, 0.4) is 0 Å². The van der Waals surface area contributed by atoms with Crippen LogP contribution >= 0.6 is 12.4 Å².